The van der Waals surface area contributed by atoms with Crippen LogP contribution in [0.1, 0.15) is 59.7 Å². The number of hydrogen-bond acceptors (Lipinski definition) is 7. The van der Waals surface area contributed by atoms with Gasteiger partial charge in [-0.1, -0.05) is 30.3 Å². The maximum atomic E-state index is 12.5. The molecule has 0 unspecified atom stereocenters. The first kappa shape index (κ1) is 22.9. The minimum absolute atomic E-state index is 0.0950. The largest absolute Gasteiger partial charge is 0.444 e. The van der Waals surface area contributed by atoms with Crippen LogP contribution in [0.25, 0.3) is 0 Å². The van der Waals surface area contributed by atoms with E-state index in [1.54, 1.807) is 33.8 Å². The zero-order valence-electron chi connectivity index (χ0n) is 18.9. The smallest absolute Gasteiger partial charge is 0.413 e. The minimum Gasteiger partial charge on any atom is -0.444 e. The number of nitrogens with one attached hydrogen (secondary N) is 2. The van der Waals surface area contributed by atoms with Crippen LogP contribution in [0.5, 0.6) is 0 Å². The topological polar surface area (TPSA) is 119 Å². The van der Waals surface area contributed by atoms with Gasteiger partial charge in [-0.3, -0.25) is 10.1 Å². The molecule has 9 nitrogen and oxygen atoms in total. The Morgan fingerprint density at radius 2 is 1.81 bits per heavy atom. The summed E-state index contributed by atoms with van der Waals surface area (Å²) in [5, 5.41) is 13.2. The molecule has 3 rings (SSSR count). The summed E-state index contributed by atoms with van der Waals surface area (Å²) in [5.41, 5.74) is 2.78. The van der Waals surface area contributed by atoms with Gasteiger partial charge in [0.25, 0.3) is 0 Å². The summed E-state index contributed by atoms with van der Waals surface area (Å²) in [4.78, 5) is 28.8. The van der Waals surface area contributed by atoms with Crippen molar-refractivity contribution in [2.75, 3.05) is 5.32 Å². The minimum atomic E-state index is -0.603. The highest BCUT2D eigenvalue weighted by molar-refractivity contribution is 5.89. The zero-order valence-corrected chi connectivity index (χ0v) is 18.9. The fourth-order valence-electron chi connectivity index (χ4n) is 3.03. The van der Waals surface area contributed by atoms with Gasteiger partial charge in [-0.2, -0.15) is 0 Å². The van der Waals surface area contributed by atoms with Crippen molar-refractivity contribution in [1.82, 2.24) is 20.5 Å². The van der Waals surface area contributed by atoms with E-state index in [-0.39, 0.29) is 12.4 Å². The van der Waals surface area contributed by atoms with Crippen LogP contribution in [0.15, 0.2) is 40.8 Å². The summed E-state index contributed by atoms with van der Waals surface area (Å²) >= 11 is 0. The molecule has 2 amide bonds. The van der Waals surface area contributed by atoms with Crippen LogP contribution in [0.4, 0.5) is 10.6 Å². The molecule has 0 aliphatic carbocycles. The Morgan fingerprint density at radius 3 is 2.47 bits per heavy atom. The number of rotatable bonds is 6. The summed E-state index contributed by atoms with van der Waals surface area (Å²) in [7, 11) is 0. The van der Waals surface area contributed by atoms with Crippen molar-refractivity contribution in [1.29, 1.82) is 0 Å². The number of hydrogen-bond donors (Lipinski definition) is 2. The number of pyridine rings is 1. The van der Waals surface area contributed by atoms with Crippen molar-refractivity contribution in [3.63, 3.8) is 0 Å². The van der Waals surface area contributed by atoms with Crippen molar-refractivity contribution in [2.45, 2.75) is 53.2 Å². The van der Waals surface area contributed by atoms with E-state index in [0.29, 0.717) is 23.8 Å². The Labute approximate surface area is 186 Å². The normalized spacial score (nSPS) is 11.2. The molecule has 32 heavy (non-hydrogen) atoms. The second-order valence-corrected chi connectivity index (χ2v) is 8.36. The number of benzene rings is 1. The Balaban J connectivity index is 1.60. The van der Waals surface area contributed by atoms with E-state index in [4.69, 9.17) is 9.15 Å². The highest BCUT2D eigenvalue weighted by Crippen LogP contribution is 2.18. The predicted octanol–water partition coefficient (Wildman–Crippen LogP) is 3.95. The summed E-state index contributed by atoms with van der Waals surface area (Å²) in [6.45, 7) is 9.27. The Morgan fingerprint density at radius 1 is 1.09 bits per heavy atom. The fraction of sp³-hybridized carbons (Fsp3) is 0.348. The molecule has 0 aliphatic rings. The third-order valence-electron chi connectivity index (χ3n) is 4.47. The van der Waals surface area contributed by atoms with Gasteiger partial charge < -0.3 is 14.5 Å². The molecule has 2 heterocycles. The number of amides is 2. The number of carbonyl (C=O) groups is 2. The van der Waals surface area contributed by atoms with Crippen LogP contribution in [-0.2, 0) is 17.7 Å². The molecule has 1 aromatic carbocycles. The van der Waals surface area contributed by atoms with Crippen LogP contribution in [0, 0.1) is 13.8 Å². The van der Waals surface area contributed by atoms with E-state index in [1.807, 2.05) is 37.3 Å². The average Bonchev–Trinajstić information content (AvgIpc) is 3.15. The van der Waals surface area contributed by atoms with E-state index in [2.05, 4.69) is 25.8 Å². The van der Waals surface area contributed by atoms with Crippen molar-refractivity contribution >= 4 is 17.8 Å². The molecule has 3 aromatic rings. The highest BCUT2D eigenvalue weighted by Gasteiger charge is 2.19. The van der Waals surface area contributed by atoms with Crippen molar-refractivity contribution in [3.8, 4) is 0 Å². The molecule has 0 saturated heterocycles. The first-order valence-electron chi connectivity index (χ1n) is 10.2. The van der Waals surface area contributed by atoms with Gasteiger partial charge in [-0.25, -0.2) is 9.78 Å². The maximum Gasteiger partial charge on any atom is 0.413 e. The molecule has 2 N–H and O–H groups in total. The third-order valence-corrected chi connectivity index (χ3v) is 4.47. The number of nitrogens with zero attached hydrogens (tertiary/aromatic N) is 3. The van der Waals surface area contributed by atoms with Crippen molar-refractivity contribution in [3.05, 3.63) is 70.6 Å². The van der Waals surface area contributed by atoms with Crippen molar-refractivity contribution < 1.29 is 18.7 Å². The number of aromatic nitrogens is 3. The van der Waals surface area contributed by atoms with Crippen LogP contribution >= 0.6 is 0 Å². The van der Waals surface area contributed by atoms with Gasteiger partial charge in [0.15, 0.2) is 0 Å². The molecule has 0 spiro atoms. The second kappa shape index (κ2) is 9.59. The molecule has 0 fully saturated rings. The first-order chi connectivity index (χ1) is 15.1. The van der Waals surface area contributed by atoms with Gasteiger partial charge in [0, 0.05) is 12.2 Å². The van der Waals surface area contributed by atoms with Gasteiger partial charge in [-0.05, 0) is 57.4 Å². The summed E-state index contributed by atoms with van der Waals surface area (Å²) in [6.07, 6.45) is -0.123. The lowest BCUT2D eigenvalue weighted by Gasteiger charge is -2.20. The summed E-state index contributed by atoms with van der Waals surface area (Å²) in [6, 6.07) is 11.4. The zero-order chi connectivity index (χ0) is 23.3. The Bertz CT molecular complexity index is 1080. The molecule has 0 saturated carbocycles. The van der Waals surface area contributed by atoms with Crippen molar-refractivity contribution in [2.24, 2.45) is 0 Å². The molecule has 2 aromatic heterocycles. The SMILES string of the molecule is Cc1cc(NC(=O)OC(C)(C)C)nc(C)c1CNC(=O)c1nnc(Cc2ccccc2)o1. The molecule has 0 atom stereocenters. The number of ether oxygens (including phenoxy) is 1. The van der Waals surface area contributed by atoms with Gasteiger partial charge in [-0.15, -0.1) is 10.2 Å². The van der Waals surface area contributed by atoms with Gasteiger partial charge in [0.2, 0.25) is 5.89 Å². The standard InChI is InChI=1S/C23H27N5O4/c1-14-11-18(26-22(30)32-23(3,4)5)25-15(2)17(14)13-24-20(29)21-28-27-19(31-21)12-16-9-7-6-8-10-16/h6-11H,12-13H2,1-5H3,(H,24,29)(H,25,26,30). The molecule has 0 aliphatic heterocycles. The van der Waals surface area contributed by atoms with E-state index in [0.717, 1.165) is 16.7 Å². The highest BCUT2D eigenvalue weighted by atomic mass is 16.6. The second-order valence-electron chi connectivity index (χ2n) is 8.36. The lowest BCUT2D eigenvalue weighted by atomic mass is 10.1. The van der Waals surface area contributed by atoms with Gasteiger partial charge >= 0.3 is 17.9 Å². The Kier molecular flexibility index (Phi) is 6.87. The van der Waals surface area contributed by atoms with Crippen LogP contribution in [0.3, 0.4) is 0 Å². The van der Waals surface area contributed by atoms with Crippen LogP contribution in [0.2, 0.25) is 0 Å². The summed E-state index contributed by atoms with van der Waals surface area (Å²) < 4.78 is 10.7. The number of carbonyl (C=O) groups excluding carboxylic acids is 2. The molecule has 9 heteroatoms. The number of aryl methyl sites for hydroxylation is 2. The third kappa shape index (κ3) is 6.37. The Hall–Kier alpha value is -3.75. The summed E-state index contributed by atoms with van der Waals surface area (Å²) in [5.74, 6) is 0.189. The predicted molar refractivity (Wildman–Crippen MR) is 118 cm³/mol. The molecular weight excluding hydrogens is 410 g/mol. The molecule has 0 radical (unpaired) electrons. The van der Waals surface area contributed by atoms with Gasteiger partial charge in [0.05, 0.1) is 6.42 Å². The van der Waals surface area contributed by atoms with Crippen LogP contribution < -0.4 is 10.6 Å². The lowest BCUT2D eigenvalue weighted by Crippen LogP contribution is -2.28. The lowest BCUT2D eigenvalue weighted by molar-refractivity contribution is 0.0635. The van der Waals surface area contributed by atoms with Crippen LogP contribution in [-0.4, -0.2) is 32.8 Å². The van der Waals surface area contributed by atoms with E-state index in [1.165, 1.54) is 0 Å². The monoisotopic (exact) mass is 437 g/mol. The fourth-order valence-corrected chi connectivity index (χ4v) is 3.03. The molecule has 0 bridgehead atoms. The van der Waals surface area contributed by atoms with E-state index in [9.17, 15) is 9.59 Å². The van der Waals surface area contributed by atoms with E-state index < -0.39 is 17.6 Å². The molecule has 168 valence electrons. The number of anilines is 1. The van der Waals surface area contributed by atoms with E-state index >= 15 is 0 Å². The quantitative estimate of drug-likeness (QED) is 0.599. The molecular formula is C23H27N5O4. The van der Waals surface area contributed by atoms with Gasteiger partial charge in [0.1, 0.15) is 11.4 Å². The maximum absolute atomic E-state index is 12.5. The first-order valence-corrected chi connectivity index (χ1v) is 10.2. The average molecular weight is 438 g/mol.